The quantitative estimate of drug-likeness (QED) is 0.924. The molecule has 0 bridgehead atoms. The van der Waals surface area contributed by atoms with Crippen molar-refractivity contribution >= 4 is 11.4 Å². The maximum Gasteiger partial charge on any atom is 0.150 e. The van der Waals surface area contributed by atoms with Crippen LogP contribution in [0.1, 0.15) is 5.76 Å². The van der Waals surface area contributed by atoms with Crippen molar-refractivity contribution in [2.75, 3.05) is 31.1 Å². The molecule has 2 aromatic rings. The van der Waals surface area contributed by atoms with E-state index in [0.29, 0.717) is 0 Å². The summed E-state index contributed by atoms with van der Waals surface area (Å²) in [6.45, 7) is 7.92. The van der Waals surface area contributed by atoms with Gasteiger partial charge in [-0.2, -0.15) is 0 Å². The Hall–Kier alpha value is -2.20. The van der Waals surface area contributed by atoms with Gasteiger partial charge in [0.2, 0.25) is 0 Å². The molecule has 0 saturated carbocycles. The Bertz CT molecular complexity index is 542. The van der Waals surface area contributed by atoms with Crippen molar-refractivity contribution in [3.8, 4) is 0 Å². The van der Waals surface area contributed by atoms with Crippen molar-refractivity contribution in [3.63, 3.8) is 0 Å². The van der Waals surface area contributed by atoms with Crippen molar-refractivity contribution in [2.45, 2.75) is 0 Å². The third kappa shape index (κ3) is 2.86. The molecule has 0 amide bonds. The monoisotopic (exact) mass is 269 g/mol. The fourth-order valence-electron chi connectivity index (χ4n) is 2.41. The summed E-state index contributed by atoms with van der Waals surface area (Å²) in [5.41, 5.74) is 5.41. The average molecular weight is 269 g/mol. The van der Waals surface area contributed by atoms with Crippen LogP contribution in [-0.4, -0.2) is 31.2 Å². The minimum atomic E-state index is 0.787. The van der Waals surface area contributed by atoms with Crippen LogP contribution in [0.25, 0.3) is 5.70 Å². The van der Waals surface area contributed by atoms with E-state index in [-0.39, 0.29) is 0 Å². The third-order valence-corrected chi connectivity index (χ3v) is 3.51. The Morgan fingerprint density at radius 3 is 2.40 bits per heavy atom. The molecule has 0 atom stereocenters. The summed E-state index contributed by atoms with van der Waals surface area (Å²) in [5, 5.41) is 2.18. The van der Waals surface area contributed by atoms with Gasteiger partial charge in [-0.3, -0.25) is 0 Å². The third-order valence-electron chi connectivity index (χ3n) is 3.51. The SMILES string of the molecule is C=C(NN1CCN(c2ccccc2)CC1)c1ccco1. The smallest absolute Gasteiger partial charge is 0.150 e. The zero-order valence-corrected chi connectivity index (χ0v) is 11.5. The number of piperazine rings is 1. The van der Waals surface area contributed by atoms with Crippen LogP contribution >= 0.6 is 0 Å². The first-order valence-electron chi connectivity index (χ1n) is 6.87. The summed E-state index contributed by atoms with van der Waals surface area (Å²) in [5.74, 6) is 0.787. The number of nitrogens with one attached hydrogen (secondary N) is 1. The number of rotatable bonds is 4. The van der Waals surface area contributed by atoms with Crippen LogP contribution in [0.2, 0.25) is 0 Å². The maximum absolute atomic E-state index is 5.33. The zero-order valence-electron chi connectivity index (χ0n) is 11.5. The molecule has 1 aliphatic heterocycles. The van der Waals surface area contributed by atoms with Crippen molar-refractivity contribution in [1.82, 2.24) is 10.4 Å². The molecule has 1 saturated heterocycles. The predicted molar refractivity (Wildman–Crippen MR) is 81.1 cm³/mol. The van der Waals surface area contributed by atoms with Crippen LogP contribution in [0.5, 0.6) is 0 Å². The highest BCUT2D eigenvalue weighted by Crippen LogP contribution is 2.16. The van der Waals surface area contributed by atoms with E-state index in [0.717, 1.165) is 37.6 Å². The summed E-state index contributed by atoms with van der Waals surface area (Å²) in [6.07, 6.45) is 1.66. The van der Waals surface area contributed by atoms with Gasteiger partial charge >= 0.3 is 0 Å². The first-order valence-corrected chi connectivity index (χ1v) is 6.87. The molecule has 0 unspecified atom stereocenters. The van der Waals surface area contributed by atoms with E-state index >= 15 is 0 Å². The lowest BCUT2D eigenvalue weighted by atomic mass is 10.2. The highest BCUT2D eigenvalue weighted by atomic mass is 16.3. The summed E-state index contributed by atoms with van der Waals surface area (Å²) in [6, 6.07) is 14.3. The number of hydrogen-bond donors (Lipinski definition) is 1. The molecule has 1 aliphatic rings. The number of anilines is 1. The lowest BCUT2D eigenvalue weighted by Crippen LogP contribution is -2.51. The van der Waals surface area contributed by atoms with E-state index < -0.39 is 0 Å². The van der Waals surface area contributed by atoms with Gasteiger partial charge in [0.25, 0.3) is 0 Å². The lowest BCUT2D eigenvalue weighted by Gasteiger charge is -2.36. The molecule has 0 aliphatic carbocycles. The second-order valence-electron chi connectivity index (χ2n) is 4.88. The maximum atomic E-state index is 5.33. The summed E-state index contributed by atoms with van der Waals surface area (Å²) in [4.78, 5) is 2.40. The van der Waals surface area contributed by atoms with Gasteiger partial charge in [-0.25, -0.2) is 5.01 Å². The van der Waals surface area contributed by atoms with E-state index in [9.17, 15) is 0 Å². The molecule has 4 nitrogen and oxygen atoms in total. The molecule has 4 heteroatoms. The summed E-state index contributed by atoms with van der Waals surface area (Å²) >= 11 is 0. The molecule has 2 heterocycles. The van der Waals surface area contributed by atoms with Gasteiger partial charge in [-0.05, 0) is 24.3 Å². The van der Waals surface area contributed by atoms with Crippen LogP contribution in [0.4, 0.5) is 5.69 Å². The normalized spacial score (nSPS) is 16.1. The van der Waals surface area contributed by atoms with Gasteiger partial charge in [0.1, 0.15) is 5.76 Å². The van der Waals surface area contributed by atoms with E-state index in [1.54, 1.807) is 6.26 Å². The second-order valence-corrected chi connectivity index (χ2v) is 4.88. The molecule has 104 valence electrons. The first-order chi connectivity index (χ1) is 9.83. The van der Waals surface area contributed by atoms with Crippen LogP contribution < -0.4 is 10.3 Å². The van der Waals surface area contributed by atoms with Gasteiger partial charge in [0, 0.05) is 31.9 Å². The van der Waals surface area contributed by atoms with E-state index in [2.05, 4.69) is 52.2 Å². The Morgan fingerprint density at radius 2 is 1.75 bits per heavy atom. The van der Waals surface area contributed by atoms with E-state index in [1.165, 1.54) is 5.69 Å². The summed E-state index contributed by atoms with van der Waals surface area (Å²) in [7, 11) is 0. The predicted octanol–water partition coefficient (Wildman–Crippen LogP) is 2.58. The van der Waals surface area contributed by atoms with Crippen LogP contribution in [0, 0.1) is 0 Å². The molecular weight excluding hydrogens is 250 g/mol. The second kappa shape index (κ2) is 5.84. The number of nitrogens with zero attached hydrogens (tertiary/aromatic N) is 2. The Balaban J connectivity index is 1.53. The van der Waals surface area contributed by atoms with Crippen molar-refractivity contribution in [1.29, 1.82) is 0 Å². The molecule has 1 fully saturated rings. The number of benzene rings is 1. The standard InChI is InChI=1S/C16H19N3O/c1-14(16-8-5-13-20-16)17-19-11-9-18(10-12-19)15-6-3-2-4-7-15/h2-8,13,17H,1,9-12H2. The van der Waals surface area contributed by atoms with Gasteiger partial charge in [0.15, 0.2) is 0 Å². The largest absolute Gasteiger partial charge is 0.463 e. The number of furan rings is 1. The van der Waals surface area contributed by atoms with Crippen LogP contribution in [0.15, 0.2) is 59.7 Å². The van der Waals surface area contributed by atoms with Crippen molar-refractivity contribution in [3.05, 3.63) is 61.1 Å². The Kier molecular flexibility index (Phi) is 3.74. The molecular formula is C16H19N3O. The number of hydrogen-bond acceptors (Lipinski definition) is 4. The van der Waals surface area contributed by atoms with E-state index in [1.807, 2.05) is 12.1 Å². The van der Waals surface area contributed by atoms with E-state index in [4.69, 9.17) is 4.42 Å². The molecule has 0 radical (unpaired) electrons. The highest BCUT2D eigenvalue weighted by Gasteiger charge is 2.17. The average Bonchev–Trinajstić information content (AvgIpc) is 3.03. The van der Waals surface area contributed by atoms with Crippen molar-refractivity contribution < 1.29 is 4.42 Å². The minimum Gasteiger partial charge on any atom is -0.463 e. The summed E-state index contributed by atoms with van der Waals surface area (Å²) < 4.78 is 5.33. The van der Waals surface area contributed by atoms with Gasteiger partial charge in [0.05, 0.1) is 12.0 Å². The molecule has 1 aromatic carbocycles. The van der Waals surface area contributed by atoms with Crippen LogP contribution in [-0.2, 0) is 0 Å². The molecule has 20 heavy (non-hydrogen) atoms. The van der Waals surface area contributed by atoms with Gasteiger partial charge < -0.3 is 14.7 Å². The number of para-hydroxylation sites is 1. The highest BCUT2D eigenvalue weighted by molar-refractivity contribution is 5.56. The van der Waals surface area contributed by atoms with Gasteiger partial charge in [-0.1, -0.05) is 24.8 Å². The molecule has 0 spiro atoms. The zero-order chi connectivity index (χ0) is 13.8. The van der Waals surface area contributed by atoms with Crippen LogP contribution in [0.3, 0.4) is 0 Å². The first kappa shape index (κ1) is 12.8. The fraction of sp³-hybridized carbons (Fsp3) is 0.250. The molecule has 1 aromatic heterocycles. The number of hydrazine groups is 1. The Morgan fingerprint density at radius 1 is 1.00 bits per heavy atom. The van der Waals surface area contributed by atoms with Gasteiger partial charge in [-0.15, -0.1) is 0 Å². The fourth-order valence-corrected chi connectivity index (χ4v) is 2.41. The molecule has 3 rings (SSSR count). The molecule has 1 N–H and O–H groups in total. The minimum absolute atomic E-state index is 0.787. The topological polar surface area (TPSA) is 31.6 Å². The van der Waals surface area contributed by atoms with Crippen molar-refractivity contribution in [2.24, 2.45) is 0 Å². The Labute approximate surface area is 119 Å². The lowest BCUT2D eigenvalue weighted by molar-refractivity contribution is 0.213.